The van der Waals surface area contributed by atoms with Gasteiger partial charge in [-0.25, -0.2) is 9.80 Å². The average Bonchev–Trinajstić information content (AvgIpc) is 3.77. The number of hydrogen-bond acceptors (Lipinski definition) is 12. The number of carbonyl (C=O) groups is 4. The number of nitrogens with one attached hydrogen (secondary N) is 1. The maximum absolute atomic E-state index is 13.4. The van der Waals surface area contributed by atoms with Gasteiger partial charge in [-0.1, -0.05) is 168 Å². The second-order valence-electron chi connectivity index (χ2n) is 19.0. The van der Waals surface area contributed by atoms with Crippen LogP contribution in [0, 0.1) is 0 Å². The van der Waals surface area contributed by atoms with Crippen molar-refractivity contribution >= 4 is 31.6 Å². The summed E-state index contributed by atoms with van der Waals surface area (Å²) in [6.07, 6.45) is 30.0. The average molecular weight is 928 g/mol. The Balaban J connectivity index is 1.41. The van der Waals surface area contributed by atoms with Gasteiger partial charge in [0.2, 0.25) is 14.0 Å². The van der Waals surface area contributed by atoms with E-state index in [0.29, 0.717) is 69.7 Å². The fraction of sp³-hybridized carbons (Fsp3) is 0.917. The van der Waals surface area contributed by atoms with Crippen molar-refractivity contribution in [3.63, 3.8) is 0 Å². The van der Waals surface area contributed by atoms with Crippen molar-refractivity contribution in [1.29, 1.82) is 0 Å². The molecule has 64 heavy (non-hydrogen) atoms. The maximum Gasteiger partial charge on any atom is 0.317 e. The molecule has 16 heteroatoms. The molecule has 0 aromatic heterocycles. The molecule has 2 unspecified atom stereocenters. The number of quaternary nitrogens is 1. The van der Waals surface area contributed by atoms with E-state index in [1.54, 1.807) is 0 Å². The van der Waals surface area contributed by atoms with E-state index in [9.17, 15) is 33.7 Å². The molecule has 0 bridgehead atoms. The number of nitrogens with zero attached hydrogens (tertiary/aromatic N) is 4. The summed E-state index contributed by atoms with van der Waals surface area (Å²) in [7, 11) is -4.93. The highest BCUT2D eigenvalue weighted by Gasteiger charge is 2.55. The summed E-state index contributed by atoms with van der Waals surface area (Å²) in [6, 6.07) is 0. The Morgan fingerprint density at radius 3 is 1.48 bits per heavy atom. The summed E-state index contributed by atoms with van der Waals surface area (Å²) in [5.41, 5.74) is 0. The lowest BCUT2D eigenvalue weighted by Crippen LogP contribution is -2.61. The molecule has 3 saturated heterocycles. The van der Waals surface area contributed by atoms with Crippen LogP contribution in [0.5, 0.6) is 0 Å². The van der Waals surface area contributed by atoms with Crippen molar-refractivity contribution in [2.75, 3.05) is 78.7 Å². The van der Waals surface area contributed by atoms with Gasteiger partial charge in [0.25, 0.3) is 5.91 Å². The fourth-order valence-electron chi connectivity index (χ4n) is 9.73. The van der Waals surface area contributed by atoms with Gasteiger partial charge in [0, 0.05) is 39.0 Å². The van der Waals surface area contributed by atoms with Gasteiger partial charge in [-0.05, 0) is 12.8 Å². The van der Waals surface area contributed by atoms with Crippen molar-refractivity contribution in [1.82, 2.24) is 19.8 Å². The van der Waals surface area contributed by atoms with Gasteiger partial charge < -0.3 is 24.0 Å². The Labute approximate surface area is 387 Å². The molecule has 3 fully saturated rings. The Bertz CT molecular complexity index is 1340. The normalized spacial score (nSPS) is 20.6. The van der Waals surface area contributed by atoms with Crippen LogP contribution in [-0.2, 0) is 37.7 Å². The Hall–Kier alpha value is -2.13. The number of carboxylic acid groups (broad SMARTS) is 1. The van der Waals surface area contributed by atoms with Crippen molar-refractivity contribution in [3.05, 3.63) is 0 Å². The molecule has 0 radical (unpaired) electrons. The molecule has 0 saturated carbocycles. The van der Waals surface area contributed by atoms with Crippen molar-refractivity contribution < 1.29 is 52.2 Å². The Morgan fingerprint density at radius 2 is 1.05 bits per heavy atom. The number of rotatable bonds is 39. The van der Waals surface area contributed by atoms with E-state index in [2.05, 4.69) is 28.7 Å². The molecule has 0 spiro atoms. The van der Waals surface area contributed by atoms with Crippen LogP contribution in [0.4, 0.5) is 0 Å². The van der Waals surface area contributed by atoms with Crippen molar-refractivity contribution in [2.45, 2.75) is 206 Å². The van der Waals surface area contributed by atoms with E-state index in [4.69, 9.17) is 14.0 Å². The molecular formula is C48H90N5O10P. The number of unbranched alkanes of at least 4 members (excludes halogenated alkanes) is 24. The lowest BCUT2D eigenvalue weighted by atomic mass is 10.0. The molecule has 1 amide bonds. The summed E-state index contributed by atoms with van der Waals surface area (Å²) in [4.78, 5) is 69.9. The second-order valence-corrected chi connectivity index (χ2v) is 20.5. The first-order chi connectivity index (χ1) is 31.0. The number of carboxylic acids is 1. The molecule has 3 rings (SSSR count). The van der Waals surface area contributed by atoms with Crippen LogP contribution < -0.4 is 9.98 Å². The van der Waals surface area contributed by atoms with E-state index in [1.807, 2.05) is 4.90 Å². The first-order valence-electron chi connectivity index (χ1n) is 25.9. The highest BCUT2D eigenvalue weighted by atomic mass is 31.2. The summed E-state index contributed by atoms with van der Waals surface area (Å²) in [6.45, 7) is 8.76. The third-order valence-electron chi connectivity index (χ3n) is 13.4. The fourth-order valence-corrected chi connectivity index (χ4v) is 10.5. The van der Waals surface area contributed by atoms with Crippen LogP contribution >= 0.6 is 7.75 Å². The van der Waals surface area contributed by atoms with E-state index in [1.165, 1.54) is 116 Å². The van der Waals surface area contributed by atoms with Crippen LogP contribution in [0.3, 0.4) is 0 Å². The van der Waals surface area contributed by atoms with Crippen LogP contribution in [-0.4, -0.2) is 139 Å². The van der Waals surface area contributed by atoms with Gasteiger partial charge >= 0.3 is 17.9 Å². The van der Waals surface area contributed by atoms with Gasteiger partial charge in [-0.2, -0.15) is 0 Å². The topological polar surface area (TPSA) is 178 Å². The first kappa shape index (κ1) is 56.2. The molecule has 3 heterocycles. The highest BCUT2D eigenvalue weighted by Crippen LogP contribution is 2.35. The molecule has 2 atom stereocenters. The van der Waals surface area contributed by atoms with Gasteiger partial charge in [0.05, 0.1) is 39.3 Å². The SMILES string of the molecule is CCCCCCCCCCCCCCCC(=O)OCC(COP(=O)([O-])NC(=O)C[N+]12CCN3CCN(CC(=O)O)CCN(CC1)C32)OC(=O)CCCCCCCCCCCCCCC. The summed E-state index contributed by atoms with van der Waals surface area (Å²) < 4.78 is 29.9. The Kier molecular flexibility index (Phi) is 29.3. The van der Waals surface area contributed by atoms with Gasteiger partial charge in [-0.15, -0.1) is 0 Å². The molecule has 3 aliphatic heterocycles. The quantitative estimate of drug-likeness (QED) is 0.0262. The minimum absolute atomic E-state index is 0.0188. The van der Waals surface area contributed by atoms with Gasteiger partial charge in [0.1, 0.15) is 6.61 Å². The van der Waals surface area contributed by atoms with E-state index in [-0.39, 0.29) is 38.8 Å². The van der Waals surface area contributed by atoms with Crippen LogP contribution in [0.2, 0.25) is 0 Å². The number of aliphatic carboxylic acids is 1. The first-order valence-corrected chi connectivity index (χ1v) is 27.4. The minimum Gasteiger partial charge on any atom is -0.762 e. The largest absolute Gasteiger partial charge is 0.762 e. The third kappa shape index (κ3) is 24.1. The zero-order valence-electron chi connectivity index (χ0n) is 40.3. The van der Waals surface area contributed by atoms with Crippen LogP contribution in [0.1, 0.15) is 194 Å². The monoisotopic (exact) mass is 928 g/mol. The number of carbonyl (C=O) groups excluding carboxylic acids is 3. The van der Waals surface area contributed by atoms with Gasteiger partial charge in [0.15, 0.2) is 12.6 Å². The van der Waals surface area contributed by atoms with E-state index >= 15 is 0 Å². The van der Waals surface area contributed by atoms with E-state index < -0.39 is 44.3 Å². The summed E-state index contributed by atoms with van der Waals surface area (Å²) >= 11 is 0. The third-order valence-corrected chi connectivity index (χ3v) is 14.4. The smallest absolute Gasteiger partial charge is 0.317 e. The summed E-state index contributed by atoms with van der Waals surface area (Å²) in [5.74, 6) is -2.48. The van der Waals surface area contributed by atoms with E-state index in [0.717, 1.165) is 38.5 Å². The molecule has 0 aromatic carbocycles. The minimum atomic E-state index is -4.93. The molecule has 3 aliphatic rings. The number of esters is 2. The van der Waals surface area contributed by atoms with Crippen LogP contribution in [0.15, 0.2) is 0 Å². The lowest BCUT2D eigenvalue weighted by molar-refractivity contribution is -0.930. The number of hydrogen-bond donors (Lipinski definition) is 2. The zero-order chi connectivity index (χ0) is 46.3. The van der Waals surface area contributed by atoms with Crippen LogP contribution in [0.25, 0.3) is 0 Å². The van der Waals surface area contributed by atoms with Gasteiger partial charge in [-0.3, -0.25) is 38.2 Å². The summed E-state index contributed by atoms with van der Waals surface area (Å²) in [5, 5.41) is 11.4. The lowest BCUT2D eigenvalue weighted by Gasteiger charge is -2.40. The number of ether oxygens (including phenoxy) is 2. The standard InChI is InChI=1S/C48H90N5O10P/c1-3-5-7-9-11-13-15-17-19-21-23-25-27-29-46(57)61-41-43(63-47(58)30-28-26-24-22-20-18-16-14-12-10-8-6-4-2)42-62-64(59,60)49-44(54)40-53-37-35-51-33-31-50(39-45(55)56)32-34-52(36-38-53)48(51)53/h43,48H,3-42H2,1-2H3,(H2-,49,54,55,56,59,60). The molecule has 0 aliphatic carbocycles. The highest BCUT2D eigenvalue weighted by molar-refractivity contribution is 7.49. The predicted molar refractivity (Wildman–Crippen MR) is 249 cm³/mol. The Morgan fingerprint density at radius 1 is 0.625 bits per heavy atom. The van der Waals surface area contributed by atoms with Crippen molar-refractivity contribution in [3.8, 4) is 0 Å². The molecule has 372 valence electrons. The molecule has 0 aromatic rings. The number of amides is 1. The maximum atomic E-state index is 13.4. The molecule has 15 nitrogen and oxygen atoms in total. The second kappa shape index (κ2) is 33.4. The predicted octanol–water partition coefficient (Wildman–Crippen LogP) is 8.14. The molecule has 2 N–H and O–H groups in total. The molecular weight excluding hydrogens is 838 g/mol. The zero-order valence-corrected chi connectivity index (χ0v) is 41.2. The van der Waals surface area contributed by atoms with Crippen molar-refractivity contribution in [2.24, 2.45) is 0 Å².